The second-order valence-corrected chi connectivity index (χ2v) is 7.36. The smallest absolute Gasteiger partial charge is 0.123 e. The molecule has 2 heterocycles. The molecule has 2 aliphatic rings. The first-order valence-corrected chi connectivity index (χ1v) is 8.22. The molecular formula is C18H28N2O. The molecule has 1 saturated heterocycles. The monoisotopic (exact) mass is 288 g/mol. The van der Waals surface area contributed by atoms with Crippen LogP contribution in [0.2, 0.25) is 0 Å². The van der Waals surface area contributed by atoms with E-state index in [4.69, 9.17) is 4.74 Å². The van der Waals surface area contributed by atoms with Crippen molar-refractivity contribution in [2.24, 2.45) is 5.92 Å². The van der Waals surface area contributed by atoms with Gasteiger partial charge in [-0.05, 0) is 76.5 Å². The van der Waals surface area contributed by atoms with E-state index in [1.54, 1.807) is 0 Å². The fourth-order valence-electron chi connectivity index (χ4n) is 3.46. The van der Waals surface area contributed by atoms with Gasteiger partial charge in [-0.25, -0.2) is 0 Å². The van der Waals surface area contributed by atoms with Crippen LogP contribution < -0.4 is 10.1 Å². The van der Waals surface area contributed by atoms with Crippen LogP contribution in [0.1, 0.15) is 37.8 Å². The van der Waals surface area contributed by atoms with Crippen molar-refractivity contribution in [3.8, 4) is 5.75 Å². The molecular weight excluding hydrogens is 260 g/mol. The fraction of sp³-hybridized carbons (Fsp3) is 0.667. The molecule has 0 aromatic heterocycles. The summed E-state index contributed by atoms with van der Waals surface area (Å²) in [5.41, 5.74) is 2.70. The molecule has 0 saturated carbocycles. The molecule has 0 unspecified atom stereocenters. The lowest BCUT2D eigenvalue weighted by molar-refractivity contribution is 0.138. The number of ether oxygens (including phenoxy) is 1. The Morgan fingerprint density at radius 3 is 2.81 bits per heavy atom. The maximum absolute atomic E-state index is 5.93. The van der Waals surface area contributed by atoms with Crippen LogP contribution in [0.25, 0.3) is 0 Å². The summed E-state index contributed by atoms with van der Waals surface area (Å²) < 4.78 is 5.93. The molecule has 0 bridgehead atoms. The van der Waals surface area contributed by atoms with Crippen molar-refractivity contribution in [2.45, 2.75) is 45.3 Å². The normalized spacial score (nSPS) is 22.0. The molecule has 3 nitrogen and oxygen atoms in total. The number of piperidine rings is 1. The Hall–Kier alpha value is -1.06. The van der Waals surface area contributed by atoms with Gasteiger partial charge in [-0.3, -0.25) is 0 Å². The lowest BCUT2D eigenvalue weighted by Gasteiger charge is -2.29. The first-order chi connectivity index (χ1) is 10.0. The number of nitrogens with one attached hydrogen (secondary N) is 1. The SMILES string of the molecule is CN1CCC(CNCc2ccc3c(c2)CC(C)(C)O3)CC1. The number of rotatable bonds is 4. The van der Waals surface area contributed by atoms with Crippen molar-refractivity contribution in [1.82, 2.24) is 10.2 Å². The molecule has 3 rings (SSSR count). The quantitative estimate of drug-likeness (QED) is 0.922. The summed E-state index contributed by atoms with van der Waals surface area (Å²) >= 11 is 0. The molecule has 2 aliphatic heterocycles. The molecule has 1 N–H and O–H groups in total. The van der Waals surface area contributed by atoms with E-state index in [1.807, 2.05) is 0 Å². The van der Waals surface area contributed by atoms with E-state index in [2.05, 4.69) is 49.3 Å². The molecule has 0 atom stereocenters. The van der Waals surface area contributed by atoms with Crippen LogP contribution in [0, 0.1) is 5.92 Å². The Morgan fingerprint density at radius 2 is 2.05 bits per heavy atom. The van der Waals surface area contributed by atoms with Crippen molar-refractivity contribution >= 4 is 0 Å². The van der Waals surface area contributed by atoms with Crippen LogP contribution in [0.3, 0.4) is 0 Å². The van der Waals surface area contributed by atoms with Gasteiger partial charge < -0.3 is 15.0 Å². The van der Waals surface area contributed by atoms with Gasteiger partial charge in [0, 0.05) is 13.0 Å². The van der Waals surface area contributed by atoms with Crippen molar-refractivity contribution in [3.63, 3.8) is 0 Å². The number of benzene rings is 1. The van der Waals surface area contributed by atoms with Crippen molar-refractivity contribution in [2.75, 3.05) is 26.7 Å². The average Bonchev–Trinajstić information content (AvgIpc) is 2.74. The van der Waals surface area contributed by atoms with Gasteiger partial charge in [0.1, 0.15) is 11.4 Å². The molecule has 0 amide bonds. The molecule has 1 aromatic carbocycles. The molecule has 116 valence electrons. The molecule has 0 spiro atoms. The standard InChI is InChI=1S/C18H28N2O/c1-18(2)11-16-10-15(4-5-17(16)21-18)13-19-12-14-6-8-20(3)9-7-14/h4-5,10,14,19H,6-9,11-13H2,1-3H3. The number of likely N-dealkylation sites (tertiary alicyclic amines) is 1. The van der Waals surface area contributed by atoms with Crippen molar-refractivity contribution in [3.05, 3.63) is 29.3 Å². The zero-order valence-electron chi connectivity index (χ0n) is 13.6. The minimum atomic E-state index is -0.0392. The summed E-state index contributed by atoms with van der Waals surface area (Å²) in [6.45, 7) is 8.93. The van der Waals surface area contributed by atoms with Crippen LogP contribution in [-0.4, -0.2) is 37.2 Å². The topological polar surface area (TPSA) is 24.5 Å². The van der Waals surface area contributed by atoms with Crippen molar-refractivity contribution < 1.29 is 4.74 Å². The number of fused-ring (bicyclic) bond motifs is 1. The van der Waals surface area contributed by atoms with Gasteiger partial charge >= 0.3 is 0 Å². The Bertz CT molecular complexity index is 490. The number of nitrogens with zero attached hydrogens (tertiary/aromatic N) is 1. The van der Waals surface area contributed by atoms with E-state index in [0.29, 0.717) is 0 Å². The number of hydrogen-bond donors (Lipinski definition) is 1. The van der Waals surface area contributed by atoms with Gasteiger partial charge in [0.25, 0.3) is 0 Å². The maximum atomic E-state index is 5.93. The van der Waals surface area contributed by atoms with E-state index in [1.165, 1.54) is 37.1 Å². The predicted molar refractivity (Wildman–Crippen MR) is 86.8 cm³/mol. The Labute approximate surface area is 128 Å². The fourth-order valence-corrected chi connectivity index (χ4v) is 3.46. The van der Waals surface area contributed by atoms with E-state index >= 15 is 0 Å². The molecule has 0 radical (unpaired) electrons. The lowest BCUT2D eigenvalue weighted by atomic mass is 9.97. The molecule has 1 aromatic rings. The highest BCUT2D eigenvalue weighted by molar-refractivity contribution is 5.41. The summed E-state index contributed by atoms with van der Waals surface area (Å²) in [6.07, 6.45) is 3.68. The first-order valence-electron chi connectivity index (χ1n) is 8.22. The van der Waals surface area contributed by atoms with Gasteiger partial charge in [-0.15, -0.1) is 0 Å². The van der Waals surface area contributed by atoms with Crippen LogP contribution in [0.5, 0.6) is 5.75 Å². The highest BCUT2D eigenvalue weighted by Gasteiger charge is 2.29. The van der Waals surface area contributed by atoms with Gasteiger partial charge in [-0.1, -0.05) is 12.1 Å². The lowest BCUT2D eigenvalue weighted by Crippen LogP contribution is -2.34. The Kier molecular flexibility index (Phi) is 4.23. The van der Waals surface area contributed by atoms with Crippen LogP contribution in [0.15, 0.2) is 18.2 Å². The molecule has 1 fully saturated rings. The largest absolute Gasteiger partial charge is 0.487 e. The molecule has 3 heteroatoms. The van der Waals surface area contributed by atoms with E-state index in [9.17, 15) is 0 Å². The summed E-state index contributed by atoms with van der Waals surface area (Å²) in [5, 5.41) is 3.64. The summed E-state index contributed by atoms with van der Waals surface area (Å²) in [7, 11) is 2.22. The number of hydrogen-bond acceptors (Lipinski definition) is 3. The van der Waals surface area contributed by atoms with Crippen LogP contribution in [0.4, 0.5) is 0 Å². The zero-order chi connectivity index (χ0) is 14.9. The summed E-state index contributed by atoms with van der Waals surface area (Å²) in [5.74, 6) is 1.91. The molecule has 21 heavy (non-hydrogen) atoms. The van der Waals surface area contributed by atoms with E-state index in [0.717, 1.165) is 31.2 Å². The Balaban J connectivity index is 1.48. The van der Waals surface area contributed by atoms with Gasteiger partial charge in [0.2, 0.25) is 0 Å². The minimum absolute atomic E-state index is 0.0392. The van der Waals surface area contributed by atoms with Crippen LogP contribution >= 0.6 is 0 Å². The third-order valence-electron chi connectivity index (χ3n) is 4.73. The zero-order valence-corrected chi connectivity index (χ0v) is 13.6. The average molecular weight is 288 g/mol. The second-order valence-electron chi connectivity index (χ2n) is 7.36. The highest BCUT2D eigenvalue weighted by Crippen LogP contribution is 2.35. The minimum Gasteiger partial charge on any atom is -0.487 e. The van der Waals surface area contributed by atoms with Crippen molar-refractivity contribution in [1.29, 1.82) is 0 Å². The van der Waals surface area contributed by atoms with Gasteiger partial charge in [0.05, 0.1) is 0 Å². The predicted octanol–water partition coefficient (Wildman–Crippen LogP) is 2.83. The van der Waals surface area contributed by atoms with Gasteiger partial charge in [0.15, 0.2) is 0 Å². The van der Waals surface area contributed by atoms with E-state index in [-0.39, 0.29) is 5.60 Å². The van der Waals surface area contributed by atoms with E-state index < -0.39 is 0 Å². The van der Waals surface area contributed by atoms with Crippen LogP contribution in [-0.2, 0) is 13.0 Å². The highest BCUT2D eigenvalue weighted by atomic mass is 16.5. The maximum Gasteiger partial charge on any atom is 0.123 e. The Morgan fingerprint density at radius 1 is 1.29 bits per heavy atom. The summed E-state index contributed by atoms with van der Waals surface area (Å²) in [6, 6.07) is 6.64. The van der Waals surface area contributed by atoms with Gasteiger partial charge in [-0.2, -0.15) is 0 Å². The molecule has 0 aliphatic carbocycles. The second kappa shape index (κ2) is 5.98. The third-order valence-corrected chi connectivity index (χ3v) is 4.73. The first kappa shape index (κ1) is 14.9. The summed E-state index contributed by atoms with van der Waals surface area (Å²) in [4.78, 5) is 2.43. The third kappa shape index (κ3) is 3.78.